The van der Waals surface area contributed by atoms with E-state index >= 15 is 0 Å². The van der Waals surface area contributed by atoms with E-state index in [0.717, 1.165) is 4.90 Å². The maximum atomic E-state index is 10.9. The van der Waals surface area contributed by atoms with Crippen molar-refractivity contribution in [2.24, 2.45) is 0 Å². The van der Waals surface area contributed by atoms with Gasteiger partial charge in [-0.05, 0) is 24.3 Å². The van der Waals surface area contributed by atoms with Crippen LogP contribution in [0.3, 0.4) is 0 Å². The Hall–Kier alpha value is -0.304. The van der Waals surface area contributed by atoms with Crippen LogP contribution in [0.1, 0.15) is 10.4 Å². The smallest absolute Gasteiger partial charge is 0.545 e. The Morgan fingerprint density at radius 2 is 1.68 bits per heavy atom. The molecule has 0 heterocycles. The van der Waals surface area contributed by atoms with Gasteiger partial charge in [0, 0.05) is 10.5 Å². The number of thioether (sulfide) groups is 1. The third-order valence-corrected chi connectivity index (χ3v) is 3.13. The van der Waals surface area contributed by atoms with Crippen LogP contribution in [0.15, 0.2) is 59.5 Å². The van der Waals surface area contributed by atoms with Crippen LogP contribution < -0.4 is 61.2 Å². The third kappa shape index (κ3) is 5.29. The van der Waals surface area contributed by atoms with Crippen LogP contribution in [0.4, 0.5) is 0 Å². The molecule has 0 radical (unpaired) electrons. The number of rotatable bonds is 5. The standard InChI is InChI=1S/C14H12O3S.K/c15-14(16)12-8-4-5-9-13(12)17-10-18-11-6-2-1-3-7-11;/h1-9H,10H2,(H,15,16);/q;+1/p-1. The van der Waals surface area contributed by atoms with Gasteiger partial charge >= 0.3 is 51.4 Å². The first kappa shape index (κ1) is 16.7. The van der Waals surface area contributed by atoms with Crippen molar-refractivity contribution < 1.29 is 66.0 Å². The van der Waals surface area contributed by atoms with E-state index < -0.39 is 5.97 Å². The van der Waals surface area contributed by atoms with Crippen molar-refractivity contribution in [2.45, 2.75) is 4.90 Å². The summed E-state index contributed by atoms with van der Waals surface area (Å²) in [5.74, 6) is -0.537. The molecule has 92 valence electrons. The second kappa shape index (κ2) is 8.79. The van der Waals surface area contributed by atoms with E-state index in [1.165, 1.54) is 17.8 Å². The van der Waals surface area contributed by atoms with Gasteiger partial charge in [0.2, 0.25) is 0 Å². The number of ether oxygens (including phenoxy) is 1. The number of hydrogen-bond donors (Lipinski definition) is 0. The van der Waals surface area contributed by atoms with Crippen LogP contribution >= 0.6 is 11.8 Å². The van der Waals surface area contributed by atoms with E-state index in [1.807, 2.05) is 30.3 Å². The topological polar surface area (TPSA) is 49.4 Å². The number of carboxylic acid groups (broad SMARTS) is 1. The Morgan fingerprint density at radius 1 is 1.05 bits per heavy atom. The van der Waals surface area contributed by atoms with Gasteiger partial charge in [0.05, 0.1) is 5.97 Å². The molecule has 5 heteroatoms. The number of hydrogen-bond acceptors (Lipinski definition) is 4. The van der Waals surface area contributed by atoms with Crippen molar-refractivity contribution in [1.82, 2.24) is 0 Å². The summed E-state index contributed by atoms with van der Waals surface area (Å²) >= 11 is 1.50. The fourth-order valence-electron chi connectivity index (χ4n) is 1.44. The molecule has 3 nitrogen and oxygen atoms in total. The predicted octanol–water partition coefficient (Wildman–Crippen LogP) is -0.817. The molecule has 0 amide bonds. The number of para-hydroxylation sites is 1. The summed E-state index contributed by atoms with van der Waals surface area (Å²) in [5, 5.41) is 10.9. The minimum atomic E-state index is -1.23. The zero-order valence-corrected chi connectivity index (χ0v) is 14.5. The average Bonchev–Trinajstić information content (AvgIpc) is 2.40. The molecule has 0 aromatic heterocycles. The Kier molecular flexibility index (Phi) is 7.75. The number of carboxylic acids is 1. The molecule has 0 unspecified atom stereocenters. The van der Waals surface area contributed by atoms with E-state index in [1.54, 1.807) is 18.2 Å². The maximum absolute atomic E-state index is 10.9. The summed E-state index contributed by atoms with van der Waals surface area (Å²) in [6.45, 7) is 0. The molecule has 0 N–H and O–H groups in total. The number of carbonyl (C=O) groups is 1. The summed E-state index contributed by atoms with van der Waals surface area (Å²) < 4.78 is 5.44. The molecular weight excluding hydrogens is 287 g/mol. The molecule has 0 aliphatic rings. The summed E-state index contributed by atoms with van der Waals surface area (Å²) in [4.78, 5) is 11.9. The second-order valence-electron chi connectivity index (χ2n) is 3.50. The van der Waals surface area contributed by atoms with Gasteiger partial charge in [0.25, 0.3) is 0 Å². The van der Waals surface area contributed by atoms with Crippen molar-refractivity contribution in [1.29, 1.82) is 0 Å². The number of carbonyl (C=O) groups excluding carboxylic acids is 1. The van der Waals surface area contributed by atoms with E-state index in [4.69, 9.17) is 4.74 Å². The molecule has 19 heavy (non-hydrogen) atoms. The molecule has 0 fully saturated rings. The van der Waals surface area contributed by atoms with E-state index in [9.17, 15) is 9.90 Å². The Bertz CT molecular complexity index is 531. The van der Waals surface area contributed by atoms with E-state index in [0.29, 0.717) is 11.7 Å². The van der Waals surface area contributed by atoms with Crippen LogP contribution in [-0.2, 0) is 0 Å². The van der Waals surface area contributed by atoms with E-state index in [-0.39, 0.29) is 56.9 Å². The van der Waals surface area contributed by atoms with Gasteiger partial charge in [-0.2, -0.15) is 0 Å². The molecule has 0 saturated carbocycles. The molecule has 0 atom stereocenters. The molecule has 0 saturated heterocycles. The van der Waals surface area contributed by atoms with Crippen molar-refractivity contribution in [2.75, 3.05) is 5.94 Å². The van der Waals surface area contributed by atoms with Gasteiger partial charge < -0.3 is 14.6 Å². The van der Waals surface area contributed by atoms with Crippen LogP contribution in [0.2, 0.25) is 0 Å². The molecule has 0 bridgehead atoms. The average molecular weight is 298 g/mol. The summed E-state index contributed by atoms with van der Waals surface area (Å²) in [6, 6.07) is 16.2. The SMILES string of the molecule is O=C([O-])c1ccccc1OCSc1ccccc1.[K+]. The quantitative estimate of drug-likeness (QED) is 0.411. The third-order valence-electron chi connectivity index (χ3n) is 2.29. The van der Waals surface area contributed by atoms with Crippen molar-refractivity contribution in [3.05, 3.63) is 60.2 Å². The molecule has 2 aromatic rings. The number of benzene rings is 2. The minimum Gasteiger partial charge on any atom is -0.545 e. The zero-order chi connectivity index (χ0) is 12.8. The molecular formula is C14H11KO3S. The first-order chi connectivity index (χ1) is 8.77. The van der Waals surface area contributed by atoms with Gasteiger partial charge in [-0.25, -0.2) is 0 Å². The maximum Gasteiger partial charge on any atom is 1.00 e. The molecule has 0 spiro atoms. The van der Waals surface area contributed by atoms with Crippen molar-refractivity contribution in [3.8, 4) is 5.75 Å². The fourth-order valence-corrected chi connectivity index (χ4v) is 2.11. The van der Waals surface area contributed by atoms with Gasteiger partial charge in [-0.15, -0.1) is 0 Å². The van der Waals surface area contributed by atoms with Crippen LogP contribution in [0.5, 0.6) is 5.75 Å². The first-order valence-corrected chi connectivity index (χ1v) is 6.37. The van der Waals surface area contributed by atoms with Gasteiger partial charge in [0.1, 0.15) is 11.7 Å². The van der Waals surface area contributed by atoms with Crippen LogP contribution in [0.25, 0.3) is 0 Å². The number of aromatic carboxylic acids is 1. The molecule has 2 aromatic carbocycles. The zero-order valence-electron chi connectivity index (χ0n) is 10.5. The monoisotopic (exact) mass is 298 g/mol. The van der Waals surface area contributed by atoms with Crippen molar-refractivity contribution in [3.63, 3.8) is 0 Å². The van der Waals surface area contributed by atoms with Crippen molar-refractivity contribution >= 4 is 17.7 Å². The summed E-state index contributed by atoms with van der Waals surface area (Å²) in [5.41, 5.74) is 0.0751. The Balaban J connectivity index is 0.00000180. The largest absolute Gasteiger partial charge is 1.00 e. The van der Waals surface area contributed by atoms with Crippen LogP contribution in [-0.4, -0.2) is 11.9 Å². The normalized spacial score (nSPS) is 9.47. The molecule has 0 aliphatic carbocycles. The van der Waals surface area contributed by atoms with Gasteiger partial charge in [-0.1, -0.05) is 42.1 Å². The fraction of sp³-hybridized carbons (Fsp3) is 0.0714. The van der Waals surface area contributed by atoms with Gasteiger partial charge in [0.15, 0.2) is 0 Å². The Labute approximate surface area is 158 Å². The summed E-state index contributed by atoms with van der Waals surface area (Å²) in [6.07, 6.45) is 0. The van der Waals surface area contributed by atoms with E-state index in [2.05, 4.69) is 0 Å². The Morgan fingerprint density at radius 3 is 2.37 bits per heavy atom. The predicted molar refractivity (Wildman–Crippen MR) is 68.6 cm³/mol. The second-order valence-corrected chi connectivity index (χ2v) is 4.50. The molecule has 2 rings (SSSR count). The van der Waals surface area contributed by atoms with Crippen LogP contribution in [0, 0.1) is 0 Å². The van der Waals surface area contributed by atoms with Gasteiger partial charge in [-0.3, -0.25) is 0 Å². The summed E-state index contributed by atoms with van der Waals surface area (Å²) in [7, 11) is 0. The first-order valence-electron chi connectivity index (χ1n) is 5.38. The minimum absolute atomic E-state index is 0. The molecule has 0 aliphatic heterocycles.